The molecule has 1 fully saturated rings. The molecule has 1 saturated heterocycles. The summed E-state index contributed by atoms with van der Waals surface area (Å²) in [6.07, 6.45) is 6.04. The normalized spacial score (nSPS) is 22.6. The van der Waals surface area contributed by atoms with E-state index in [0.717, 1.165) is 36.5 Å². The standard InChI is InChI=1S/C19H22N4O2/c1-13-20-8-10-23(13)14-5-4-9-22(12-14)18(24)11-16-15-6-2-3-7-17(15)21-19(16)25/h2-3,6-8,10,14,16H,4-5,9,11-12H2,1H3,(H,21,25)/t14-,16+/m0/s1. The molecule has 6 nitrogen and oxygen atoms in total. The van der Waals surface area contributed by atoms with Crippen molar-refractivity contribution in [3.63, 3.8) is 0 Å². The minimum absolute atomic E-state index is 0.0549. The van der Waals surface area contributed by atoms with Crippen LogP contribution in [-0.2, 0) is 9.59 Å². The Balaban J connectivity index is 1.46. The molecule has 1 aromatic heterocycles. The number of benzene rings is 1. The molecular formula is C19H22N4O2. The SMILES string of the molecule is Cc1nccn1[C@H]1CCCN(C(=O)C[C@H]2C(=O)Nc3ccccc32)C1. The first-order valence-corrected chi connectivity index (χ1v) is 8.80. The predicted octanol–water partition coefficient (Wildman–Crippen LogP) is 2.48. The Morgan fingerprint density at radius 2 is 2.20 bits per heavy atom. The number of anilines is 1. The Hall–Kier alpha value is -2.63. The van der Waals surface area contributed by atoms with Crippen LogP contribution in [0, 0.1) is 6.92 Å². The van der Waals surface area contributed by atoms with Crippen LogP contribution < -0.4 is 5.32 Å². The van der Waals surface area contributed by atoms with E-state index >= 15 is 0 Å². The first-order chi connectivity index (χ1) is 12.1. The zero-order valence-corrected chi connectivity index (χ0v) is 14.3. The van der Waals surface area contributed by atoms with Gasteiger partial charge in [-0.15, -0.1) is 0 Å². The summed E-state index contributed by atoms with van der Waals surface area (Å²) < 4.78 is 2.15. The largest absolute Gasteiger partial charge is 0.341 e. The van der Waals surface area contributed by atoms with Gasteiger partial charge in [0.25, 0.3) is 0 Å². The van der Waals surface area contributed by atoms with E-state index in [0.29, 0.717) is 6.54 Å². The third-order valence-corrected chi connectivity index (χ3v) is 5.29. The van der Waals surface area contributed by atoms with Crippen LogP contribution >= 0.6 is 0 Å². The fraction of sp³-hybridized carbons (Fsp3) is 0.421. The van der Waals surface area contributed by atoms with Crippen LogP contribution in [0.15, 0.2) is 36.7 Å². The molecule has 4 rings (SSSR count). The summed E-state index contributed by atoms with van der Waals surface area (Å²) in [5, 5.41) is 2.87. The smallest absolute Gasteiger partial charge is 0.232 e. The number of carbonyl (C=O) groups excluding carboxylic acids is 2. The van der Waals surface area contributed by atoms with E-state index < -0.39 is 0 Å². The highest BCUT2D eigenvalue weighted by atomic mass is 16.2. The van der Waals surface area contributed by atoms with E-state index in [2.05, 4.69) is 14.9 Å². The van der Waals surface area contributed by atoms with Gasteiger partial charge < -0.3 is 14.8 Å². The first-order valence-electron chi connectivity index (χ1n) is 8.80. The number of aromatic nitrogens is 2. The monoisotopic (exact) mass is 338 g/mol. The second-order valence-corrected chi connectivity index (χ2v) is 6.85. The summed E-state index contributed by atoms with van der Waals surface area (Å²) in [5.41, 5.74) is 1.76. The Labute approximate surface area is 146 Å². The fourth-order valence-corrected chi connectivity index (χ4v) is 3.96. The van der Waals surface area contributed by atoms with Crippen molar-refractivity contribution in [2.75, 3.05) is 18.4 Å². The molecular weight excluding hydrogens is 316 g/mol. The van der Waals surface area contributed by atoms with Crippen LogP contribution in [0.1, 0.15) is 42.6 Å². The molecule has 2 aliphatic heterocycles. The first kappa shape index (κ1) is 15.9. The van der Waals surface area contributed by atoms with Gasteiger partial charge in [0.1, 0.15) is 5.82 Å². The Bertz CT molecular complexity index is 813. The number of fused-ring (bicyclic) bond motifs is 1. The third-order valence-electron chi connectivity index (χ3n) is 5.29. The van der Waals surface area contributed by atoms with E-state index in [-0.39, 0.29) is 30.2 Å². The number of likely N-dealkylation sites (tertiary alicyclic amines) is 1. The Morgan fingerprint density at radius 3 is 3.00 bits per heavy atom. The molecule has 0 unspecified atom stereocenters. The quantitative estimate of drug-likeness (QED) is 0.935. The summed E-state index contributed by atoms with van der Waals surface area (Å²) in [4.78, 5) is 31.3. The molecule has 2 atom stereocenters. The highest BCUT2D eigenvalue weighted by molar-refractivity contribution is 6.04. The highest BCUT2D eigenvalue weighted by Crippen LogP contribution is 2.35. The Morgan fingerprint density at radius 1 is 1.36 bits per heavy atom. The van der Waals surface area contributed by atoms with Crippen LogP contribution in [0.2, 0.25) is 0 Å². The molecule has 1 N–H and O–H groups in total. The molecule has 2 aliphatic rings. The number of hydrogen-bond acceptors (Lipinski definition) is 3. The van der Waals surface area contributed by atoms with Gasteiger partial charge in [0.05, 0.1) is 12.0 Å². The van der Waals surface area contributed by atoms with Gasteiger partial charge in [0, 0.05) is 37.6 Å². The molecule has 130 valence electrons. The van der Waals surface area contributed by atoms with Gasteiger partial charge in [-0.1, -0.05) is 18.2 Å². The van der Waals surface area contributed by atoms with E-state index in [9.17, 15) is 9.59 Å². The van der Waals surface area contributed by atoms with E-state index in [4.69, 9.17) is 0 Å². The molecule has 3 heterocycles. The van der Waals surface area contributed by atoms with Crippen LogP contribution in [-0.4, -0.2) is 39.4 Å². The number of hydrogen-bond donors (Lipinski definition) is 1. The number of aryl methyl sites for hydroxylation is 1. The van der Waals surface area contributed by atoms with E-state index in [1.165, 1.54) is 0 Å². The van der Waals surface area contributed by atoms with Crippen molar-refractivity contribution < 1.29 is 9.59 Å². The van der Waals surface area contributed by atoms with Crippen LogP contribution in [0.25, 0.3) is 0 Å². The predicted molar refractivity (Wildman–Crippen MR) is 94.2 cm³/mol. The van der Waals surface area contributed by atoms with Gasteiger partial charge in [0.15, 0.2) is 0 Å². The third kappa shape index (κ3) is 2.92. The van der Waals surface area contributed by atoms with Crippen LogP contribution in [0.5, 0.6) is 0 Å². The van der Waals surface area contributed by atoms with Crippen molar-refractivity contribution in [3.8, 4) is 0 Å². The number of nitrogens with zero attached hydrogens (tertiary/aromatic N) is 3. The van der Waals surface area contributed by atoms with Gasteiger partial charge in [-0.2, -0.15) is 0 Å². The maximum atomic E-state index is 12.8. The number of nitrogens with one attached hydrogen (secondary N) is 1. The van der Waals surface area contributed by atoms with Gasteiger partial charge in [-0.3, -0.25) is 9.59 Å². The zero-order chi connectivity index (χ0) is 17.4. The fourth-order valence-electron chi connectivity index (χ4n) is 3.96. The molecule has 1 aromatic carbocycles. The van der Waals surface area contributed by atoms with Crippen molar-refractivity contribution in [2.24, 2.45) is 0 Å². The van der Waals surface area contributed by atoms with Crippen molar-refractivity contribution >= 4 is 17.5 Å². The second kappa shape index (κ2) is 6.35. The number of carbonyl (C=O) groups is 2. The summed E-state index contributed by atoms with van der Waals surface area (Å²) in [5.74, 6) is 0.579. The molecule has 6 heteroatoms. The van der Waals surface area contributed by atoms with Gasteiger partial charge >= 0.3 is 0 Å². The average Bonchev–Trinajstić information content (AvgIpc) is 3.18. The number of para-hydroxylation sites is 1. The number of imidazole rings is 1. The summed E-state index contributed by atoms with van der Waals surface area (Å²) in [7, 11) is 0. The number of amides is 2. The summed E-state index contributed by atoms with van der Waals surface area (Å²) in [6, 6.07) is 7.89. The average molecular weight is 338 g/mol. The molecule has 2 aromatic rings. The maximum Gasteiger partial charge on any atom is 0.232 e. The molecule has 0 bridgehead atoms. The minimum Gasteiger partial charge on any atom is -0.341 e. The molecule has 0 aliphatic carbocycles. The maximum absolute atomic E-state index is 12.8. The number of piperidine rings is 1. The van der Waals surface area contributed by atoms with Crippen molar-refractivity contribution in [3.05, 3.63) is 48.0 Å². The van der Waals surface area contributed by atoms with Gasteiger partial charge in [0.2, 0.25) is 11.8 Å². The summed E-state index contributed by atoms with van der Waals surface area (Å²) in [6.45, 7) is 3.44. The summed E-state index contributed by atoms with van der Waals surface area (Å²) >= 11 is 0. The Kier molecular flexibility index (Phi) is 4.03. The topological polar surface area (TPSA) is 67.2 Å². The lowest BCUT2D eigenvalue weighted by atomic mass is 9.95. The molecule has 0 radical (unpaired) electrons. The van der Waals surface area contributed by atoms with E-state index in [1.807, 2.05) is 42.3 Å². The van der Waals surface area contributed by atoms with Crippen LogP contribution in [0.4, 0.5) is 5.69 Å². The van der Waals surface area contributed by atoms with Crippen LogP contribution in [0.3, 0.4) is 0 Å². The van der Waals surface area contributed by atoms with Gasteiger partial charge in [-0.05, 0) is 31.4 Å². The molecule has 0 saturated carbocycles. The van der Waals surface area contributed by atoms with Gasteiger partial charge in [-0.25, -0.2) is 4.98 Å². The second-order valence-electron chi connectivity index (χ2n) is 6.85. The zero-order valence-electron chi connectivity index (χ0n) is 14.3. The highest BCUT2D eigenvalue weighted by Gasteiger charge is 2.34. The molecule has 2 amide bonds. The van der Waals surface area contributed by atoms with Crippen molar-refractivity contribution in [2.45, 2.75) is 38.1 Å². The van der Waals surface area contributed by atoms with Crippen molar-refractivity contribution in [1.29, 1.82) is 0 Å². The van der Waals surface area contributed by atoms with Crippen molar-refractivity contribution in [1.82, 2.24) is 14.5 Å². The minimum atomic E-state index is -0.376. The lowest BCUT2D eigenvalue weighted by molar-refractivity contribution is -0.134. The van der Waals surface area contributed by atoms with E-state index in [1.54, 1.807) is 6.20 Å². The lowest BCUT2D eigenvalue weighted by Gasteiger charge is -2.34. The lowest BCUT2D eigenvalue weighted by Crippen LogP contribution is -2.41. The number of rotatable bonds is 3. The molecule has 25 heavy (non-hydrogen) atoms. The molecule has 0 spiro atoms.